The summed E-state index contributed by atoms with van der Waals surface area (Å²) in [6.45, 7) is 8.07. The molecule has 1 aliphatic heterocycles. The largest absolute Gasteiger partial charge is 0.383 e. The van der Waals surface area contributed by atoms with Gasteiger partial charge in [0.2, 0.25) is 0 Å². The van der Waals surface area contributed by atoms with Crippen molar-refractivity contribution in [1.82, 2.24) is 0 Å². The Bertz CT molecular complexity index is 348. The van der Waals surface area contributed by atoms with Crippen LogP contribution < -0.4 is 10.2 Å². The third-order valence-electron chi connectivity index (χ3n) is 3.25. The minimum atomic E-state index is 0.523. The number of ether oxygens (including phenoxy) is 1. The molecule has 94 valence electrons. The van der Waals surface area contributed by atoms with Crippen molar-refractivity contribution < 1.29 is 4.74 Å². The lowest BCUT2D eigenvalue weighted by Gasteiger charge is -2.29. The number of anilines is 2. The minimum Gasteiger partial charge on any atom is -0.383 e. The van der Waals surface area contributed by atoms with Gasteiger partial charge in [-0.2, -0.15) is 0 Å². The maximum atomic E-state index is 5.38. The first-order chi connectivity index (χ1) is 8.29. The van der Waals surface area contributed by atoms with Crippen molar-refractivity contribution in [2.24, 2.45) is 0 Å². The lowest BCUT2D eigenvalue weighted by molar-refractivity contribution is 0.122. The molecule has 0 radical (unpaired) electrons. The summed E-state index contributed by atoms with van der Waals surface area (Å²) in [4.78, 5) is 2.38. The Labute approximate surface area is 104 Å². The maximum absolute atomic E-state index is 5.38. The number of nitrogens with zero attached hydrogens (tertiary/aromatic N) is 1. The third kappa shape index (κ3) is 3.37. The normalized spacial score (nSPS) is 17.9. The van der Waals surface area contributed by atoms with Crippen LogP contribution in [0.4, 0.5) is 11.4 Å². The molecule has 1 saturated heterocycles. The molecule has 1 heterocycles. The molecule has 1 atom stereocenters. The van der Waals surface area contributed by atoms with Crippen LogP contribution in [0.15, 0.2) is 24.3 Å². The van der Waals surface area contributed by atoms with Crippen LogP contribution in [-0.2, 0) is 4.74 Å². The van der Waals surface area contributed by atoms with E-state index < -0.39 is 0 Å². The zero-order valence-corrected chi connectivity index (χ0v) is 10.8. The smallest absolute Gasteiger partial charge is 0.0642 e. The molecule has 3 heteroatoms. The van der Waals surface area contributed by atoms with Crippen molar-refractivity contribution in [3.05, 3.63) is 24.3 Å². The average molecular weight is 234 g/mol. The standard InChI is InChI=1S/C14H22N2O/c1-3-12(2)15-13-5-4-6-14(11-13)16-7-9-17-10-8-16/h4-6,11-12,15H,3,7-10H2,1-2H3. The molecule has 0 saturated carbocycles. The van der Waals surface area contributed by atoms with Crippen molar-refractivity contribution in [1.29, 1.82) is 0 Å². The van der Waals surface area contributed by atoms with Crippen molar-refractivity contribution in [3.63, 3.8) is 0 Å². The van der Waals surface area contributed by atoms with E-state index in [-0.39, 0.29) is 0 Å². The summed E-state index contributed by atoms with van der Waals surface area (Å²) < 4.78 is 5.38. The molecule has 0 aromatic heterocycles. The van der Waals surface area contributed by atoms with Gasteiger partial charge in [-0.1, -0.05) is 13.0 Å². The highest BCUT2D eigenvalue weighted by Crippen LogP contribution is 2.21. The zero-order chi connectivity index (χ0) is 12.1. The molecule has 1 unspecified atom stereocenters. The Kier molecular flexibility index (Phi) is 4.26. The molecule has 0 aliphatic carbocycles. The molecule has 3 nitrogen and oxygen atoms in total. The second-order valence-corrected chi connectivity index (χ2v) is 4.60. The van der Waals surface area contributed by atoms with E-state index in [1.807, 2.05) is 0 Å². The van der Waals surface area contributed by atoms with Crippen molar-refractivity contribution in [2.75, 3.05) is 36.5 Å². The van der Waals surface area contributed by atoms with Gasteiger partial charge in [-0.15, -0.1) is 0 Å². The fourth-order valence-electron chi connectivity index (χ4n) is 2.00. The van der Waals surface area contributed by atoms with Crippen LogP contribution in [0.1, 0.15) is 20.3 Å². The summed E-state index contributed by atoms with van der Waals surface area (Å²) in [5.74, 6) is 0. The Hall–Kier alpha value is -1.22. The quantitative estimate of drug-likeness (QED) is 0.867. The van der Waals surface area contributed by atoms with Gasteiger partial charge in [0.1, 0.15) is 0 Å². The van der Waals surface area contributed by atoms with Crippen LogP contribution in [0.3, 0.4) is 0 Å². The summed E-state index contributed by atoms with van der Waals surface area (Å²) in [5.41, 5.74) is 2.50. The van der Waals surface area contributed by atoms with E-state index in [0.29, 0.717) is 6.04 Å². The van der Waals surface area contributed by atoms with E-state index in [9.17, 15) is 0 Å². The zero-order valence-electron chi connectivity index (χ0n) is 10.8. The van der Waals surface area contributed by atoms with Crippen molar-refractivity contribution >= 4 is 11.4 Å². The van der Waals surface area contributed by atoms with E-state index >= 15 is 0 Å². The highest BCUT2D eigenvalue weighted by atomic mass is 16.5. The first-order valence-electron chi connectivity index (χ1n) is 6.49. The van der Waals surface area contributed by atoms with Crippen LogP contribution in [-0.4, -0.2) is 32.3 Å². The average Bonchev–Trinajstić information content (AvgIpc) is 2.40. The van der Waals surface area contributed by atoms with Crippen LogP contribution in [0.2, 0.25) is 0 Å². The van der Waals surface area contributed by atoms with Gasteiger partial charge >= 0.3 is 0 Å². The second-order valence-electron chi connectivity index (χ2n) is 4.60. The fraction of sp³-hybridized carbons (Fsp3) is 0.571. The Balaban J connectivity index is 2.05. The van der Waals surface area contributed by atoms with E-state index in [4.69, 9.17) is 4.74 Å². The number of hydrogen-bond acceptors (Lipinski definition) is 3. The van der Waals surface area contributed by atoms with Gasteiger partial charge in [-0.05, 0) is 31.5 Å². The molecule has 1 aromatic rings. The number of morpholine rings is 1. The number of hydrogen-bond donors (Lipinski definition) is 1. The van der Waals surface area contributed by atoms with Gasteiger partial charge in [0.05, 0.1) is 13.2 Å². The lowest BCUT2D eigenvalue weighted by atomic mass is 10.2. The van der Waals surface area contributed by atoms with E-state index in [2.05, 4.69) is 48.3 Å². The van der Waals surface area contributed by atoms with Crippen LogP contribution >= 0.6 is 0 Å². The van der Waals surface area contributed by atoms with Gasteiger partial charge in [-0.3, -0.25) is 0 Å². The number of rotatable bonds is 4. The fourth-order valence-corrected chi connectivity index (χ4v) is 2.00. The predicted octanol–water partition coefficient (Wildman–Crippen LogP) is 2.73. The van der Waals surface area contributed by atoms with Crippen LogP contribution in [0.25, 0.3) is 0 Å². The molecule has 1 N–H and O–H groups in total. The first kappa shape index (κ1) is 12.2. The van der Waals surface area contributed by atoms with Crippen LogP contribution in [0, 0.1) is 0 Å². The van der Waals surface area contributed by atoms with Crippen LogP contribution in [0.5, 0.6) is 0 Å². The predicted molar refractivity (Wildman–Crippen MR) is 72.8 cm³/mol. The van der Waals surface area contributed by atoms with Gasteiger partial charge in [-0.25, -0.2) is 0 Å². The summed E-state index contributed by atoms with van der Waals surface area (Å²) >= 11 is 0. The molecule has 1 aromatic carbocycles. The molecule has 0 amide bonds. The van der Waals surface area contributed by atoms with Gasteiger partial charge in [0.15, 0.2) is 0 Å². The maximum Gasteiger partial charge on any atom is 0.0642 e. The molecule has 17 heavy (non-hydrogen) atoms. The van der Waals surface area contributed by atoms with Crippen molar-refractivity contribution in [2.45, 2.75) is 26.3 Å². The van der Waals surface area contributed by atoms with Gasteiger partial charge in [0.25, 0.3) is 0 Å². The molecular formula is C14H22N2O. The van der Waals surface area contributed by atoms with E-state index in [1.165, 1.54) is 11.4 Å². The summed E-state index contributed by atoms with van der Waals surface area (Å²) in [7, 11) is 0. The highest BCUT2D eigenvalue weighted by molar-refractivity contribution is 5.58. The van der Waals surface area contributed by atoms with E-state index in [1.54, 1.807) is 0 Å². The van der Waals surface area contributed by atoms with Gasteiger partial charge in [0, 0.05) is 30.5 Å². The molecular weight excluding hydrogens is 212 g/mol. The van der Waals surface area contributed by atoms with Crippen molar-refractivity contribution in [3.8, 4) is 0 Å². The monoisotopic (exact) mass is 234 g/mol. The Morgan fingerprint density at radius 3 is 2.82 bits per heavy atom. The minimum absolute atomic E-state index is 0.523. The number of benzene rings is 1. The molecule has 2 rings (SSSR count). The summed E-state index contributed by atoms with van der Waals surface area (Å²) in [6.07, 6.45) is 1.14. The SMILES string of the molecule is CCC(C)Nc1cccc(N2CCOCC2)c1. The molecule has 0 spiro atoms. The lowest BCUT2D eigenvalue weighted by Crippen LogP contribution is -2.36. The Morgan fingerprint density at radius 2 is 2.12 bits per heavy atom. The number of nitrogens with one attached hydrogen (secondary N) is 1. The second kappa shape index (κ2) is 5.92. The topological polar surface area (TPSA) is 24.5 Å². The van der Waals surface area contributed by atoms with E-state index in [0.717, 1.165) is 32.7 Å². The molecule has 0 bridgehead atoms. The Morgan fingerprint density at radius 1 is 1.35 bits per heavy atom. The molecule has 1 fully saturated rings. The third-order valence-corrected chi connectivity index (χ3v) is 3.25. The van der Waals surface area contributed by atoms with Gasteiger partial charge < -0.3 is 15.0 Å². The summed E-state index contributed by atoms with van der Waals surface area (Å²) in [6, 6.07) is 9.19. The first-order valence-corrected chi connectivity index (χ1v) is 6.49. The summed E-state index contributed by atoms with van der Waals surface area (Å²) in [5, 5.41) is 3.51. The molecule has 1 aliphatic rings. The highest BCUT2D eigenvalue weighted by Gasteiger charge is 2.11.